The Morgan fingerprint density at radius 2 is 2.18 bits per heavy atom. The summed E-state index contributed by atoms with van der Waals surface area (Å²) in [6, 6.07) is 0. The smallest absolute Gasteiger partial charge is 0.355 e. The molecule has 2 rings (SSSR count). The zero-order valence-corrected chi connectivity index (χ0v) is 9.85. The van der Waals surface area contributed by atoms with E-state index in [1.54, 1.807) is 0 Å². The Morgan fingerprint density at radius 3 is 2.65 bits per heavy atom. The first-order valence-electron chi connectivity index (χ1n) is 4.63. The monoisotopic (exact) mass is 255 g/mol. The second-order valence-corrected chi connectivity index (χ2v) is 4.68. The molecular formula is C9H9N3O4S. The molecule has 2 heterocycles. The van der Waals surface area contributed by atoms with Gasteiger partial charge in [-0.25, -0.2) is 9.78 Å². The van der Waals surface area contributed by atoms with E-state index in [4.69, 9.17) is 9.63 Å². The summed E-state index contributed by atoms with van der Waals surface area (Å²) in [7, 11) is 0. The van der Waals surface area contributed by atoms with Gasteiger partial charge in [0, 0.05) is 5.38 Å². The molecule has 0 aliphatic heterocycles. The van der Waals surface area contributed by atoms with E-state index in [9.17, 15) is 9.90 Å². The van der Waals surface area contributed by atoms with Gasteiger partial charge in [-0.2, -0.15) is 4.98 Å². The molecule has 2 aromatic heterocycles. The Labute approximate surface area is 99.7 Å². The van der Waals surface area contributed by atoms with Crippen LogP contribution in [0.2, 0.25) is 0 Å². The van der Waals surface area contributed by atoms with Gasteiger partial charge < -0.3 is 14.7 Å². The summed E-state index contributed by atoms with van der Waals surface area (Å²) in [5.74, 6) is -0.891. The predicted octanol–water partition coefficient (Wildman–Crippen LogP) is 1.12. The first-order valence-corrected chi connectivity index (χ1v) is 5.51. The summed E-state index contributed by atoms with van der Waals surface area (Å²) >= 11 is 1.10. The fraction of sp³-hybridized carbons (Fsp3) is 0.333. The molecule has 0 aromatic carbocycles. The molecule has 2 aromatic rings. The lowest BCUT2D eigenvalue weighted by atomic mass is 10.1. The number of carboxylic acids is 1. The predicted molar refractivity (Wildman–Crippen MR) is 57.6 cm³/mol. The van der Waals surface area contributed by atoms with Crippen LogP contribution in [0.3, 0.4) is 0 Å². The molecule has 0 aliphatic carbocycles. The molecular weight excluding hydrogens is 246 g/mol. The summed E-state index contributed by atoms with van der Waals surface area (Å²) in [5, 5.41) is 23.7. The summed E-state index contributed by atoms with van der Waals surface area (Å²) in [6.07, 6.45) is 0. The lowest BCUT2D eigenvalue weighted by Gasteiger charge is -2.09. The lowest BCUT2D eigenvalue weighted by molar-refractivity contribution is 0.0420. The number of nitrogens with zero attached hydrogens (tertiary/aromatic N) is 3. The number of aliphatic hydroxyl groups is 1. The number of carboxylic acid groups (broad SMARTS) is 1. The van der Waals surface area contributed by atoms with Gasteiger partial charge in [0.25, 0.3) is 5.89 Å². The van der Waals surface area contributed by atoms with E-state index >= 15 is 0 Å². The van der Waals surface area contributed by atoms with Crippen LogP contribution in [0.25, 0.3) is 10.8 Å². The average molecular weight is 255 g/mol. The van der Waals surface area contributed by atoms with Crippen LogP contribution >= 0.6 is 11.3 Å². The summed E-state index contributed by atoms with van der Waals surface area (Å²) in [4.78, 5) is 18.4. The lowest BCUT2D eigenvalue weighted by Crippen LogP contribution is -2.15. The third kappa shape index (κ3) is 2.32. The van der Waals surface area contributed by atoms with Gasteiger partial charge in [0.15, 0.2) is 10.7 Å². The normalized spacial score (nSPS) is 11.7. The molecule has 0 spiro atoms. The first kappa shape index (κ1) is 11.7. The molecule has 0 saturated carbocycles. The molecule has 0 radical (unpaired) electrons. The van der Waals surface area contributed by atoms with Gasteiger partial charge in [-0.15, -0.1) is 11.3 Å². The van der Waals surface area contributed by atoms with E-state index in [1.807, 2.05) is 0 Å². The quantitative estimate of drug-likeness (QED) is 0.845. The van der Waals surface area contributed by atoms with Crippen LogP contribution in [0, 0.1) is 0 Å². The number of thiazole rings is 1. The SMILES string of the molecule is CC(C)(O)c1nc(-c2nc(C(=O)O)cs2)no1. The Bertz CT molecular complexity index is 555. The van der Waals surface area contributed by atoms with Crippen molar-refractivity contribution in [2.24, 2.45) is 0 Å². The zero-order chi connectivity index (χ0) is 12.6. The zero-order valence-electron chi connectivity index (χ0n) is 9.04. The van der Waals surface area contributed by atoms with Crippen LogP contribution in [0.5, 0.6) is 0 Å². The van der Waals surface area contributed by atoms with Crippen molar-refractivity contribution in [3.05, 3.63) is 17.0 Å². The number of hydrogen-bond donors (Lipinski definition) is 2. The average Bonchev–Trinajstić information content (AvgIpc) is 2.85. The van der Waals surface area contributed by atoms with Crippen LogP contribution in [-0.2, 0) is 5.60 Å². The fourth-order valence-electron chi connectivity index (χ4n) is 1.03. The van der Waals surface area contributed by atoms with Crippen LogP contribution in [0.4, 0.5) is 0 Å². The van der Waals surface area contributed by atoms with Crippen molar-refractivity contribution >= 4 is 17.3 Å². The van der Waals surface area contributed by atoms with Crippen molar-refractivity contribution in [2.45, 2.75) is 19.4 Å². The first-order chi connectivity index (χ1) is 7.88. The molecule has 90 valence electrons. The second-order valence-electron chi connectivity index (χ2n) is 3.83. The summed E-state index contributed by atoms with van der Waals surface area (Å²) in [6.45, 7) is 3.02. The standard InChI is InChI=1S/C9H9N3O4S/c1-9(2,15)8-11-5(12-16-8)6-10-4(3-17-6)7(13)14/h3,15H,1-2H3,(H,13,14). The Morgan fingerprint density at radius 1 is 1.47 bits per heavy atom. The van der Waals surface area contributed by atoms with Gasteiger partial charge >= 0.3 is 5.97 Å². The number of aromatic nitrogens is 3. The number of rotatable bonds is 3. The highest BCUT2D eigenvalue weighted by Crippen LogP contribution is 2.24. The fourth-order valence-corrected chi connectivity index (χ4v) is 1.75. The molecule has 0 atom stereocenters. The molecule has 2 N–H and O–H groups in total. The Hall–Kier alpha value is -1.80. The molecule has 0 amide bonds. The van der Waals surface area contributed by atoms with Crippen LogP contribution in [0.15, 0.2) is 9.90 Å². The van der Waals surface area contributed by atoms with Crippen LogP contribution < -0.4 is 0 Å². The van der Waals surface area contributed by atoms with E-state index in [2.05, 4.69) is 15.1 Å². The van der Waals surface area contributed by atoms with Crippen molar-refractivity contribution in [1.82, 2.24) is 15.1 Å². The van der Waals surface area contributed by atoms with E-state index in [0.29, 0.717) is 5.01 Å². The Kier molecular flexibility index (Phi) is 2.68. The van der Waals surface area contributed by atoms with Crippen molar-refractivity contribution in [3.8, 4) is 10.8 Å². The van der Waals surface area contributed by atoms with E-state index in [1.165, 1.54) is 19.2 Å². The maximum absolute atomic E-state index is 10.6. The van der Waals surface area contributed by atoms with Gasteiger partial charge in [0.1, 0.15) is 5.60 Å². The minimum Gasteiger partial charge on any atom is -0.476 e. The van der Waals surface area contributed by atoms with Crippen molar-refractivity contribution < 1.29 is 19.5 Å². The molecule has 7 nitrogen and oxygen atoms in total. The van der Waals surface area contributed by atoms with E-state index in [-0.39, 0.29) is 17.4 Å². The highest BCUT2D eigenvalue weighted by molar-refractivity contribution is 7.13. The topological polar surface area (TPSA) is 109 Å². The minimum atomic E-state index is -1.24. The van der Waals surface area contributed by atoms with E-state index in [0.717, 1.165) is 11.3 Å². The summed E-state index contributed by atoms with van der Waals surface area (Å²) < 4.78 is 4.86. The van der Waals surface area contributed by atoms with Gasteiger partial charge in [-0.1, -0.05) is 5.16 Å². The third-order valence-corrected chi connectivity index (χ3v) is 2.70. The summed E-state index contributed by atoms with van der Waals surface area (Å²) in [5.41, 5.74) is -1.31. The highest BCUT2D eigenvalue weighted by Gasteiger charge is 2.25. The molecule has 0 saturated heterocycles. The van der Waals surface area contributed by atoms with Crippen LogP contribution in [0.1, 0.15) is 30.2 Å². The number of aromatic carboxylic acids is 1. The largest absolute Gasteiger partial charge is 0.476 e. The highest BCUT2D eigenvalue weighted by atomic mass is 32.1. The van der Waals surface area contributed by atoms with Crippen molar-refractivity contribution in [1.29, 1.82) is 0 Å². The number of hydrogen-bond acceptors (Lipinski definition) is 7. The van der Waals surface area contributed by atoms with Crippen molar-refractivity contribution in [3.63, 3.8) is 0 Å². The minimum absolute atomic E-state index is 0.0552. The molecule has 0 aliphatic rings. The van der Waals surface area contributed by atoms with Gasteiger partial charge in [0.2, 0.25) is 5.82 Å². The van der Waals surface area contributed by atoms with Crippen molar-refractivity contribution in [2.75, 3.05) is 0 Å². The molecule has 0 fully saturated rings. The number of carbonyl (C=O) groups is 1. The van der Waals surface area contributed by atoms with Gasteiger partial charge in [-0.3, -0.25) is 0 Å². The van der Waals surface area contributed by atoms with E-state index < -0.39 is 11.6 Å². The maximum Gasteiger partial charge on any atom is 0.355 e. The third-order valence-electron chi connectivity index (χ3n) is 1.86. The van der Waals surface area contributed by atoms with Gasteiger partial charge in [-0.05, 0) is 13.8 Å². The van der Waals surface area contributed by atoms with Crippen LogP contribution in [-0.4, -0.2) is 31.3 Å². The van der Waals surface area contributed by atoms with Gasteiger partial charge in [0.05, 0.1) is 0 Å². The maximum atomic E-state index is 10.6. The molecule has 0 bridgehead atoms. The second kappa shape index (κ2) is 3.90. The Balaban J connectivity index is 2.34. The molecule has 17 heavy (non-hydrogen) atoms. The molecule has 8 heteroatoms. The molecule has 0 unspecified atom stereocenters.